The van der Waals surface area contributed by atoms with Gasteiger partial charge in [0.2, 0.25) is 5.60 Å². The minimum atomic E-state index is -1.09. The van der Waals surface area contributed by atoms with Gasteiger partial charge in [0.15, 0.2) is 0 Å². The number of methoxy groups -OCH3 is 1. The molecular formula is C15H18N2O4. The van der Waals surface area contributed by atoms with Gasteiger partial charge in [-0.2, -0.15) is 0 Å². The lowest BCUT2D eigenvalue weighted by Crippen LogP contribution is -2.36. The fraction of sp³-hybridized carbons (Fsp3) is 0.400. The molecule has 21 heavy (non-hydrogen) atoms. The summed E-state index contributed by atoms with van der Waals surface area (Å²) in [6, 6.07) is 7.31. The third kappa shape index (κ3) is 3.39. The molecule has 1 heterocycles. The average molecular weight is 290 g/mol. The molecule has 1 aliphatic heterocycles. The highest BCUT2D eigenvalue weighted by Gasteiger charge is 2.43. The van der Waals surface area contributed by atoms with Gasteiger partial charge < -0.3 is 14.4 Å². The smallest absolute Gasteiger partial charge is 0.381 e. The van der Waals surface area contributed by atoms with Crippen molar-refractivity contribution in [3.63, 3.8) is 0 Å². The van der Waals surface area contributed by atoms with Crippen LogP contribution in [0, 0.1) is 0 Å². The van der Waals surface area contributed by atoms with Crippen LogP contribution in [0.1, 0.15) is 32.8 Å². The average Bonchev–Trinajstić information content (AvgIpc) is 2.85. The molecule has 0 saturated carbocycles. The number of rotatable bonds is 4. The first-order valence-corrected chi connectivity index (χ1v) is 6.57. The number of carbonyl (C=O) groups excluding carboxylic acids is 1. The van der Waals surface area contributed by atoms with Crippen molar-refractivity contribution in [3.8, 4) is 5.75 Å². The van der Waals surface area contributed by atoms with Crippen molar-refractivity contribution in [3.05, 3.63) is 29.8 Å². The SMILES string of the molecule is COc1ccc(/C(C)=N/OC(=O)C2(C)CC(C)=NO2)cc1. The van der Waals surface area contributed by atoms with Gasteiger partial charge in [0.1, 0.15) is 5.75 Å². The molecule has 6 heteroatoms. The Labute approximate surface area is 123 Å². The molecule has 0 fully saturated rings. The van der Waals surface area contributed by atoms with Crippen molar-refractivity contribution in [2.75, 3.05) is 7.11 Å². The van der Waals surface area contributed by atoms with Crippen LogP contribution in [0.25, 0.3) is 0 Å². The topological polar surface area (TPSA) is 69.5 Å². The van der Waals surface area contributed by atoms with E-state index in [1.165, 1.54) is 0 Å². The third-order valence-corrected chi connectivity index (χ3v) is 3.20. The van der Waals surface area contributed by atoms with Gasteiger partial charge in [-0.05, 0) is 50.6 Å². The van der Waals surface area contributed by atoms with Gasteiger partial charge in [0.25, 0.3) is 0 Å². The number of nitrogens with zero attached hydrogens (tertiary/aromatic N) is 2. The van der Waals surface area contributed by atoms with E-state index in [0.29, 0.717) is 12.1 Å². The summed E-state index contributed by atoms with van der Waals surface area (Å²) in [6.07, 6.45) is 0.406. The minimum absolute atomic E-state index is 0.406. The molecule has 1 aromatic rings. The monoisotopic (exact) mass is 290 g/mol. The predicted octanol–water partition coefficient (Wildman–Crippen LogP) is 2.52. The van der Waals surface area contributed by atoms with Gasteiger partial charge in [0.05, 0.1) is 18.5 Å². The molecule has 6 nitrogen and oxygen atoms in total. The van der Waals surface area contributed by atoms with E-state index in [0.717, 1.165) is 17.0 Å². The second-order valence-electron chi connectivity index (χ2n) is 5.11. The van der Waals surface area contributed by atoms with E-state index in [4.69, 9.17) is 14.4 Å². The van der Waals surface area contributed by atoms with Gasteiger partial charge in [-0.25, -0.2) is 4.79 Å². The first-order chi connectivity index (χ1) is 9.94. The van der Waals surface area contributed by atoms with E-state index in [-0.39, 0.29) is 0 Å². The van der Waals surface area contributed by atoms with Crippen molar-refractivity contribution < 1.29 is 19.2 Å². The molecule has 0 aromatic heterocycles. The molecule has 1 aromatic carbocycles. The second kappa shape index (κ2) is 5.95. The highest BCUT2D eigenvalue weighted by atomic mass is 16.7. The molecule has 112 valence electrons. The zero-order chi connectivity index (χ0) is 15.5. The van der Waals surface area contributed by atoms with Crippen molar-refractivity contribution in [2.45, 2.75) is 32.8 Å². The first kappa shape index (κ1) is 15.0. The number of carbonyl (C=O) groups is 1. The van der Waals surface area contributed by atoms with E-state index >= 15 is 0 Å². The number of ether oxygens (including phenoxy) is 1. The highest BCUT2D eigenvalue weighted by Crippen LogP contribution is 2.25. The van der Waals surface area contributed by atoms with E-state index in [1.54, 1.807) is 27.9 Å². The van der Waals surface area contributed by atoms with E-state index in [9.17, 15) is 4.79 Å². The second-order valence-corrected chi connectivity index (χ2v) is 5.11. The molecule has 1 unspecified atom stereocenters. The Balaban J connectivity index is 2.01. The number of benzene rings is 1. The lowest BCUT2D eigenvalue weighted by molar-refractivity contribution is -0.167. The zero-order valence-corrected chi connectivity index (χ0v) is 12.5. The summed E-state index contributed by atoms with van der Waals surface area (Å²) in [7, 11) is 1.60. The summed E-state index contributed by atoms with van der Waals surface area (Å²) in [5, 5.41) is 7.63. The van der Waals surface area contributed by atoms with Crippen LogP contribution in [-0.2, 0) is 14.5 Å². The number of hydrogen-bond donors (Lipinski definition) is 0. The molecule has 0 aliphatic carbocycles. The third-order valence-electron chi connectivity index (χ3n) is 3.20. The van der Waals surface area contributed by atoms with Crippen LogP contribution in [0.4, 0.5) is 0 Å². The maximum absolute atomic E-state index is 12.0. The summed E-state index contributed by atoms with van der Waals surface area (Å²) < 4.78 is 5.08. The van der Waals surface area contributed by atoms with Crippen LogP contribution in [-0.4, -0.2) is 30.1 Å². The van der Waals surface area contributed by atoms with Gasteiger partial charge >= 0.3 is 5.97 Å². The normalized spacial score (nSPS) is 21.5. The largest absolute Gasteiger partial charge is 0.497 e. The van der Waals surface area contributed by atoms with Gasteiger partial charge in [0, 0.05) is 6.42 Å². The molecule has 0 spiro atoms. The molecule has 0 radical (unpaired) electrons. The Morgan fingerprint density at radius 3 is 2.57 bits per heavy atom. The fourth-order valence-electron chi connectivity index (χ4n) is 1.93. The first-order valence-electron chi connectivity index (χ1n) is 6.57. The quantitative estimate of drug-likeness (QED) is 0.485. The molecule has 2 rings (SSSR count). The molecule has 0 bridgehead atoms. The van der Waals surface area contributed by atoms with Gasteiger partial charge in [-0.3, -0.25) is 0 Å². The summed E-state index contributed by atoms with van der Waals surface area (Å²) in [4.78, 5) is 22.1. The van der Waals surface area contributed by atoms with Crippen molar-refractivity contribution >= 4 is 17.4 Å². The lowest BCUT2D eigenvalue weighted by atomic mass is 10.0. The summed E-state index contributed by atoms with van der Waals surface area (Å²) in [5.41, 5.74) is 1.09. The maximum Gasteiger partial charge on any atom is 0.381 e. The van der Waals surface area contributed by atoms with Gasteiger partial charge in [-0.1, -0.05) is 10.3 Å². The van der Waals surface area contributed by atoms with Crippen LogP contribution in [0.2, 0.25) is 0 Å². The summed E-state index contributed by atoms with van der Waals surface area (Å²) in [6.45, 7) is 5.19. The Kier molecular flexibility index (Phi) is 4.26. The van der Waals surface area contributed by atoms with Crippen LogP contribution < -0.4 is 4.74 Å². The highest BCUT2D eigenvalue weighted by molar-refractivity contribution is 5.99. The molecule has 0 N–H and O–H groups in total. The predicted molar refractivity (Wildman–Crippen MR) is 78.5 cm³/mol. The van der Waals surface area contributed by atoms with E-state index in [1.807, 2.05) is 24.3 Å². The van der Waals surface area contributed by atoms with Crippen molar-refractivity contribution in [2.24, 2.45) is 10.3 Å². The lowest BCUT2D eigenvalue weighted by Gasteiger charge is -2.16. The zero-order valence-electron chi connectivity index (χ0n) is 12.5. The number of hydrogen-bond acceptors (Lipinski definition) is 6. The fourth-order valence-corrected chi connectivity index (χ4v) is 1.93. The minimum Gasteiger partial charge on any atom is -0.497 e. The Morgan fingerprint density at radius 2 is 2.05 bits per heavy atom. The standard InChI is InChI=1S/C15H18N2O4/c1-10-9-15(3,21-16-10)14(18)20-17-11(2)12-5-7-13(19-4)8-6-12/h5-8H,9H2,1-4H3/b17-11+. The molecule has 0 amide bonds. The number of oxime groups is 2. The van der Waals surface area contributed by atoms with Crippen molar-refractivity contribution in [1.29, 1.82) is 0 Å². The molecule has 0 saturated heterocycles. The van der Waals surface area contributed by atoms with Crippen molar-refractivity contribution in [1.82, 2.24) is 0 Å². The maximum atomic E-state index is 12.0. The summed E-state index contributed by atoms with van der Waals surface area (Å²) in [5.74, 6) is 0.194. The molecule has 1 atom stereocenters. The Hall–Kier alpha value is -2.37. The summed E-state index contributed by atoms with van der Waals surface area (Å²) >= 11 is 0. The Bertz CT molecular complexity index is 592. The molecular weight excluding hydrogens is 272 g/mol. The van der Waals surface area contributed by atoms with Gasteiger partial charge in [-0.15, -0.1) is 0 Å². The molecule has 1 aliphatic rings. The van der Waals surface area contributed by atoms with Crippen LogP contribution in [0.15, 0.2) is 34.6 Å². The van der Waals surface area contributed by atoms with Crippen LogP contribution in [0.5, 0.6) is 5.75 Å². The van der Waals surface area contributed by atoms with Crippen LogP contribution in [0.3, 0.4) is 0 Å². The van der Waals surface area contributed by atoms with E-state index in [2.05, 4.69) is 10.3 Å². The van der Waals surface area contributed by atoms with E-state index < -0.39 is 11.6 Å². The van der Waals surface area contributed by atoms with Crippen LogP contribution >= 0.6 is 0 Å². The Morgan fingerprint density at radius 1 is 1.38 bits per heavy atom.